The fourth-order valence-corrected chi connectivity index (χ4v) is 2.32. The van der Waals surface area contributed by atoms with E-state index >= 15 is 0 Å². The normalized spacial score (nSPS) is 10.5. The van der Waals surface area contributed by atoms with Gasteiger partial charge in [-0.1, -0.05) is 23.5 Å². The number of hydrogen-bond acceptors (Lipinski definition) is 3. The number of aromatic nitrogens is 1. The first-order chi connectivity index (χ1) is 7.22. The van der Waals surface area contributed by atoms with Crippen LogP contribution >= 0.6 is 22.9 Å². The SMILES string of the molecule is CN(C(=O)CCl)c1nc2ccccc2s1. The molecule has 0 N–H and O–H groups in total. The van der Waals surface area contributed by atoms with Gasteiger partial charge in [0.05, 0.1) is 10.2 Å². The van der Waals surface area contributed by atoms with Gasteiger partial charge >= 0.3 is 0 Å². The van der Waals surface area contributed by atoms with Crippen molar-refractivity contribution in [3.8, 4) is 0 Å². The number of halogens is 1. The summed E-state index contributed by atoms with van der Waals surface area (Å²) >= 11 is 6.97. The standard InChI is InChI=1S/C10H9ClN2OS/c1-13(9(14)6-11)10-12-7-4-2-3-5-8(7)15-10/h2-5H,6H2,1H3. The van der Waals surface area contributed by atoms with E-state index in [0.717, 1.165) is 10.2 Å². The summed E-state index contributed by atoms with van der Waals surface area (Å²) < 4.78 is 1.07. The van der Waals surface area contributed by atoms with Crippen LogP contribution in [-0.4, -0.2) is 23.8 Å². The Morgan fingerprint density at radius 2 is 2.27 bits per heavy atom. The maximum absolute atomic E-state index is 11.3. The molecule has 3 nitrogen and oxygen atoms in total. The van der Waals surface area contributed by atoms with Gasteiger partial charge in [-0.2, -0.15) is 0 Å². The minimum Gasteiger partial charge on any atom is -0.290 e. The van der Waals surface area contributed by atoms with Crippen LogP contribution in [0.3, 0.4) is 0 Å². The van der Waals surface area contributed by atoms with E-state index < -0.39 is 0 Å². The van der Waals surface area contributed by atoms with E-state index in [1.807, 2.05) is 24.3 Å². The number of thiazole rings is 1. The van der Waals surface area contributed by atoms with E-state index in [0.29, 0.717) is 5.13 Å². The molecule has 0 fully saturated rings. The van der Waals surface area contributed by atoms with E-state index in [-0.39, 0.29) is 11.8 Å². The molecule has 0 unspecified atom stereocenters. The van der Waals surface area contributed by atoms with Crippen LogP contribution in [0.2, 0.25) is 0 Å². The Morgan fingerprint density at radius 1 is 1.53 bits per heavy atom. The van der Waals surface area contributed by atoms with Gasteiger partial charge in [-0.15, -0.1) is 11.6 Å². The molecule has 1 amide bonds. The van der Waals surface area contributed by atoms with Gasteiger partial charge in [-0.3, -0.25) is 9.69 Å². The fourth-order valence-electron chi connectivity index (χ4n) is 1.20. The number of hydrogen-bond donors (Lipinski definition) is 0. The molecule has 0 bridgehead atoms. The highest BCUT2D eigenvalue weighted by Gasteiger charge is 2.13. The van der Waals surface area contributed by atoms with Crippen molar-refractivity contribution in [1.29, 1.82) is 0 Å². The summed E-state index contributed by atoms with van der Waals surface area (Å²) in [6.45, 7) is 0. The zero-order valence-corrected chi connectivity index (χ0v) is 9.68. The first kappa shape index (κ1) is 10.4. The van der Waals surface area contributed by atoms with Crippen LogP contribution in [0.4, 0.5) is 5.13 Å². The molecule has 0 aliphatic carbocycles. The highest BCUT2D eigenvalue weighted by molar-refractivity contribution is 7.22. The Kier molecular flexibility index (Phi) is 2.88. The number of anilines is 1. The highest BCUT2D eigenvalue weighted by Crippen LogP contribution is 2.27. The van der Waals surface area contributed by atoms with Crippen LogP contribution in [0, 0.1) is 0 Å². The number of carbonyl (C=O) groups excluding carboxylic acids is 1. The third kappa shape index (κ3) is 1.96. The average molecular weight is 241 g/mol. The van der Waals surface area contributed by atoms with Gasteiger partial charge < -0.3 is 0 Å². The van der Waals surface area contributed by atoms with Crippen molar-refractivity contribution in [3.05, 3.63) is 24.3 Å². The van der Waals surface area contributed by atoms with E-state index in [1.54, 1.807) is 7.05 Å². The van der Waals surface area contributed by atoms with Crippen molar-refractivity contribution in [2.45, 2.75) is 0 Å². The Bertz CT molecular complexity index is 464. The summed E-state index contributed by atoms with van der Waals surface area (Å²) in [5.41, 5.74) is 0.909. The molecule has 1 aromatic heterocycles. The molecule has 0 aliphatic heterocycles. The van der Waals surface area contributed by atoms with Crippen LogP contribution in [-0.2, 0) is 4.79 Å². The van der Waals surface area contributed by atoms with E-state index in [4.69, 9.17) is 11.6 Å². The van der Waals surface area contributed by atoms with Gasteiger partial charge in [-0.25, -0.2) is 4.98 Å². The molecule has 5 heteroatoms. The van der Waals surface area contributed by atoms with Crippen molar-refractivity contribution in [3.63, 3.8) is 0 Å². The number of amides is 1. The van der Waals surface area contributed by atoms with Crippen LogP contribution in [0.25, 0.3) is 10.2 Å². The number of rotatable bonds is 2. The van der Waals surface area contributed by atoms with Gasteiger partial charge in [-0.05, 0) is 12.1 Å². The quantitative estimate of drug-likeness (QED) is 0.756. The van der Waals surface area contributed by atoms with E-state index in [9.17, 15) is 4.79 Å². The fraction of sp³-hybridized carbons (Fsp3) is 0.200. The molecule has 0 spiro atoms. The zero-order chi connectivity index (χ0) is 10.8. The average Bonchev–Trinajstić information content (AvgIpc) is 2.70. The molecular formula is C10H9ClN2OS. The molecule has 0 saturated heterocycles. The molecule has 2 aromatic rings. The lowest BCUT2D eigenvalue weighted by Crippen LogP contribution is -2.26. The monoisotopic (exact) mass is 240 g/mol. The molecule has 1 aromatic carbocycles. The van der Waals surface area contributed by atoms with Gasteiger partial charge in [0, 0.05) is 7.05 Å². The predicted molar refractivity (Wildman–Crippen MR) is 63.8 cm³/mol. The Hall–Kier alpha value is -1.13. The lowest BCUT2D eigenvalue weighted by molar-refractivity contribution is -0.116. The molecule has 78 valence electrons. The highest BCUT2D eigenvalue weighted by atomic mass is 35.5. The minimum absolute atomic E-state index is 0.0214. The van der Waals surface area contributed by atoms with Crippen LogP contribution in [0.15, 0.2) is 24.3 Å². The first-order valence-corrected chi connectivity index (χ1v) is 5.75. The number of para-hydroxylation sites is 1. The second kappa shape index (κ2) is 4.16. The van der Waals surface area contributed by atoms with E-state index in [2.05, 4.69) is 4.98 Å². The molecule has 0 atom stereocenters. The molecule has 0 saturated carbocycles. The van der Waals surface area contributed by atoms with Crippen LogP contribution in [0.1, 0.15) is 0 Å². The third-order valence-electron chi connectivity index (χ3n) is 2.06. The Morgan fingerprint density at radius 3 is 2.93 bits per heavy atom. The summed E-state index contributed by atoms with van der Waals surface area (Å²) in [5.74, 6) is -0.164. The molecule has 2 rings (SSSR count). The maximum Gasteiger partial charge on any atom is 0.243 e. The number of nitrogens with zero attached hydrogens (tertiary/aromatic N) is 2. The van der Waals surface area contributed by atoms with Crippen LogP contribution < -0.4 is 4.90 Å². The zero-order valence-electron chi connectivity index (χ0n) is 8.11. The molecule has 15 heavy (non-hydrogen) atoms. The second-order valence-corrected chi connectivity index (χ2v) is 4.33. The topological polar surface area (TPSA) is 33.2 Å². The van der Waals surface area contributed by atoms with Crippen LogP contribution in [0.5, 0.6) is 0 Å². The molecule has 1 heterocycles. The summed E-state index contributed by atoms with van der Waals surface area (Å²) in [5, 5.41) is 0.682. The Labute approximate surface area is 96.3 Å². The minimum atomic E-state index is -0.143. The molecule has 0 aliphatic rings. The summed E-state index contributed by atoms with van der Waals surface area (Å²) in [4.78, 5) is 17.2. The number of carbonyl (C=O) groups is 1. The first-order valence-electron chi connectivity index (χ1n) is 4.40. The Balaban J connectivity index is 2.40. The van der Waals surface area contributed by atoms with E-state index in [1.165, 1.54) is 16.2 Å². The summed E-state index contributed by atoms with van der Waals surface area (Å²) in [6, 6.07) is 7.78. The van der Waals surface area contributed by atoms with Gasteiger partial charge in [0.15, 0.2) is 5.13 Å². The smallest absolute Gasteiger partial charge is 0.243 e. The number of benzene rings is 1. The van der Waals surface area contributed by atoms with Gasteiger partial charge in [0.25, 0.3) is 0 Å². The predicted octanol–water partition coefficient (Wildman–Crippen LogP) is 2.50. The van der Waals surface area contributed by atoms with Gasteiger partial charge in [0.2, 0.25) is 5.91 Å². The van der Waals surface area contributed by atoms with Crippen molar-refractivity contribution >= 4 is 44.2 Å². The molecule has 0 radical (unpaired) electrons. The van der Waals surface area contributed by atoms with Crippen molar-refractivity contribution in [1.82, 2.24) is 4.98 Å². The van der Waals surface area contributed by atoms with Gasteiger partial charge in [0.1, 0.15) is 5.88 Å². The lowest BCUT2D eigenvalue weighted by atomic mass is 10.3. The number of fused-ring (bicyclic) bond motifs is 1. The van der Waals surface area contributed by atoms with Crippen molar-refractivity contribution in [2.75, 3.05) is 17.8 Å². The number of alkyl halides is 1. The third-order valence-corrected chi connectivity index (χ3v) is 3.40. The lowest BCUT2D eigenvalue weighted by Gasteiger charge is -2.10. The second-order valence-electron chi connectivity index (χ2n) is 3.05. The maximum atomic E-state index is 11.3. The van der Waals surface area contributed by atoms with Crippen molar-refractivity contribution in [2.24, 2.45) is 0 Å². The summed E-state index contributed by atoms with van der Waals surface area (Å²) in [6.07, 6.45) is 0. The summed E-state index contributed by atoms with van der Waals surface area (Å²) in [7, 11) is 1.68. The molecular weight excluding hydrogens is 232 g/mol. The van der Waals surface area contributed by atoms with Crippen molar-refractivity contribution < 1.29 is 4.79 Å². The largest absolute Gasteiger partial charge is 0.290 e.